The molecule has 6 nitrogen and oxygen atoms in total. The van der Waals surface area contributed by atoms with E-state index in [1.807, 2.05) is 0 Å². The fourth-order valence-electron chi connectivity index (χ4n) is 2.27. The van der Waals surface area contributed by atoms with Crippen molar-refractivity contribution in [3.63, 3.8) is 0 Å². The van der Waals surface area contributed by atoms with Crippen LogP contribution in [0.1, 0.15) is 30.8 Å². The van der Waals surface area contributed by atoms with Gasteiger partial charge < -0.3 is 14.1 Å². The maximum atomic E-state index is 11.5. The lowest BCUT2D eigenvalue weighted by atomic mass is 10.1. The predicted octanol–water partition coefficient (Wildman–Crippen LogP) is 1.38. The molecule has 0 spiro atoms. The molecule has 19 heavy (non-hydrogen) atoms. The van der Waals surface area contributed by atoms with Gasteiger partial charge in [-0.1, -0.05) is 6.92 Å². The topological polar surface area (TPSA) is 58.8 Å². The molecule has 0 N–H and O–H groups in total. The quantitative estimate of drug-likeness (QED) is 0.768. The molecule has 2 heterocycles. The molecule has 0 radical (unpaired) electrons. The van der Waals surface area contributed by atoms with Gasteiger partial charge in [-0.15, -0.1) is 0 Å². The molecule has 0 aliphatic carbocycles. The maximum Gasteiger partial charge on any atom is 0.360 e. The van der Waals surface area contributed by atoms with Crippen molar-refractivity contribution in [1.29, 1.82) is 0 Å². The summed E-state index contributed by atoms with van der Waals surface area (Å²) in [6.45, 7) is 6.98. The number of carbonyl (C=O) groups is 1. The highest BCUT2D eigenvalue weighted by molar-refractivity contribution is 5.87. The van der Waals surface area contributed by atoms with E-state index in [2.05, 4.69) is 28.8 Å². The van der Waals surface area contributed by atoms with Gasteiger partial charge in [0, 0.05) is 25.7 Å². The Balaban J connectivity index is 2.04. The van der Waals surface area contributed by atoms with Crippen LogP contribution in [0.5, 0.6) is 0 Å². The lowest BCUT2D eigenvalue weighted by Gasteiger charge is -2.38. The first-order chi connectivity index (χ1) is 9.15. The zero-order chi connectivity index (χ0) is 13.8. The second kappa shape index (κ2) is 6.06. The molecule has 1 aliphatic rings. The summed E-state index contributed by atoms with van der Waals surface area (Å²) in [5.74, 6) is -0.432. The van der Waals surface area contributed by atoms with Crippen LogP contribution >= 0.6 is 0 Å². The van der Waals surface area contributed by atoms with Crippen LogP contribution in [0.15, 0.2) is 10.7 Å². The third-order valence-electron chi connectivity index (χ3n) is 3.50. The maximum absolute atomic E-state index is 11.5. The Morgan fingerprint density at radius 2 is 2.32 bits per heavy atom. The first kappa shape index (κ1) is 13.9. The van der Waals surface area contributed by atoms with Gasteiger partial charge >= 0.3 is 5.97 Å². The number of carbonyl (C=O) groups excluding carboxylic acids is 1. The highest BCUT2D eigenvalue weighted by Crippen LogP contribution is 2.19. The lowest BCUT2D eigenvalue weighted by molar-refractivity contribution is 0.0519. The minimum atomic E-state index is -0.432. The number of hydrogen-bond acceptors (Lipinski definition) is 6. The van der Waals surface area contributed by atoms with Gasteiger partial charge in [0.15, 0.2) is 5.69 Å². The normalized spacial score (nSPS) is 20.6. The van der Waals surface area contributed by atoms with E-state index in [4.69, 9.17) is 9.15 Å². The van der Waals surface area contributed by atoms with Crippen LogP contribution in [-0.4, -0.2) is 55.2 Å². The molecular weight excluding hydrogens is 246 g/mol. The van der Waals surface area contributed by atoms with Crippen molar-refractivity contribution in [3.05, 3.63) is 12.0 Å². The summed E-state index contributed by atoms with van der Waals surface area (Å²) in [6, 6.07) is 1.00. The van der Waals surface area contributed by atoms with Crippen LogP contribution < -0.4 is 4.90 Å². The zero-order valence-corrected chi connectivity index (χ0v) is 11.8. The van der Waals surface area contributed by atoms with Crippen LogP contribution in [0.2, 0.25) is 0 Å². The Kier molecular flexibility index (Phi) is 4.42. The van der Waals surface area contributed by atoms with E-state index in [9.17, 15) is 4.79 Å². The third kappa shape index (κ3) is 3.07. The molecule has 1 aromatic heterocycles. The van der Waals surface area contributed by atoms with Crippen LogP contribution in [0.3, 0.4) is 0 Å². The molecule has 6 heteroatoms. The first-order valence-corrected chi connectivity index (χ1v) is 6.73. The van der Waals surface area contributed by atoms with Gasteiger partial charge in [0.05, 0.1) is 6.61 Å². The molecule has 0 amide bonds. The molecular formula is C13H21N3O3. The molecule has 0 saturated carbocycles. The van der Waals surface area contributed by atoms with Gasteiger partial charge in [0.1, 0.15) is 6.26 Å². The van der Waals surface area contributed by atoms with Crippen molar-refractivity contribution in [2.24, 2.45) is 0 Å². The van der Waals surface area contributed by atoms with Gasteiger partial charge in [-0.3, -0.25) is 4.90 Å². The average Bonchev–Trinajstić information content (AvgIpc) is 2.89. The molecule has 106 valence electrons. The lowest BCUT2D eigenvalue weighted by Crippen LogP contribution is -2.51. The highest BCUT2D eigenvalue weighted by Gasteiger charge is 2.26. The minimum absolute atomic E-state index is 0.240. The Labute approximate surface area is 113 Å². The number of likely N-dealkylation sites (N-methyl/N-ethyl adjacent to an activating group) is 1. The van der Waals surface area contributed by atoms with E-state index in [0.717, 1.165) is 26.1 Å². The van der Waals surface area contributed by atoms with Crippen LogP contribution in [0.25, 0.3) is 0 Å². The van der Waals surface area contributed by atoms with E-state index in [-0.39, 0.29) is 5.69 Å². The van der Waals surface area contributed by atoms with Crippen LogP contribution in [-0.2, 0) is 4.74 Å². The summed E-state index contributed by atoms with van der Waals surface area (Å²) in [5, 5.41) is 0. The molecule has 1 saturated heterocycles. The highest BCUT2D eigenvalue weighted by atomic mass is 16.5. The van der Waals surface area contributed by atoms with Crippen molar-refractivity contribution in [2.75, 3.05) is 38.2 Å². The van der Waals surface area contributed by atoms with Crippen molar-refractivity contribution in [2.45, 2.75) is 26.3 Å². The first-order valence-electron chi connectivity index (χ1n) is 6.73. The van der Waals surface area contributed by atoms with Crippen molar-refractivity contribution in [3.8, 4) is 0 Å². The van der Waals surface area contributed by atoms with Gasteiger partial charge in [0.25, 0.3) is 6.01 Å². The Hall–Kier alpha value is -1.56. The minimum Gasteiger partial charge on any atom is -0.461 e. The number of piperazine rings is 1. The van der Waals surface area contributed by atoms with Crippen molar-refractivity contribution < 1.29 is 13.9 Å². The number of esters is 1. The zero-order valence-electron chi connectivity index (χ0n) is 11.8. The SMILES string of the molecule is CCOC(=O)c1coc(N2CCN(C)C(CC)C2)n1. The fraction of sp³-hybridized carbons (Fsp3) is 0.692. The molecule has 1 atom stereocenters. The monoisotopic (exact) mass is 267 g/mol. The van der Waals surface area contributed by atoms with Gasteiger partial charge in [0.2, 0.25) is 0 Å². The summed E-state index contributed by atoms with van der Waals surface area (Å²) in [4.78, 5) is 20.2. The largest absolute Gasteiger partial charge is 0.461 e. The van der Waals surface area contributed by atoms with E-state index in [1.54, 1.807) is 6.92 Å². The second-order valence-corrected chi connectivity index (χ2v) is 4.72. The summed E-state index contributed by atoms with van der Waals surface area (Å²) in [6.07, 6.45) is 2.45. The van der Waals surface area contributed by atoms with E-state index >= 15 is 0 Å². The van der Waals surface area contributed by atoms with Gasteiger partial charge in [-0.25, -0.2) is 4.79 Å². The number of ether oxygens (including phenoxy) is 1. The predicted molar refractivity (Wildman–Crippen MR) is 71.4 cm³/mol. The number of nitrogens with zero attached hydrogens (tertiary/aromatic N) is 3. The summed E-state index contributed by atoms with van der Waals surface area (Å²) in [7, 11) is 2.13. The third-order valence-corrected chi connectivity index (χ3v) is 3.50. The Morgan fingerprint density at radius 3 is 3.00 bits per heavy atom. The van der Waals surface area contributed by atoms with Gasteiger partial charge in [-0.2, -0.15) is 4.98 Å². The van der Waals surface area contributed by atoms with E-state index in [1.165, 1.54) is 6.26 Å². The van der Waals surface area contributed by atoms with Crippen molar-refractivity contribution in [1.82, 2.24) is 9.88 Å². The molecule has 2 rings (SSSR count). The summed E-state index contributed by atoms with van der Waals surface area (Å²) >= 11 is 0. The molecule has 0 bridgehead atoms. The molecule has 1 aromatic rings. The summed E-state index contributed by atoms with van der Waals surface area (Å²) < 4.78 is 10.3. The van der Waals surface area contributed by atoms with Crippen LogP contribution in [0.4, 0.5) is 6.01 Å². The number of anilines is 1. The summed E-state index contributed by atoms with van der Waals surface area (Å²) in [5.41, 5.74) is 0.240. The molecule has 1 aliphatic heterocycles. The number of rotatable bonds is 4. The Morgan fingerprint density at radius 1 is 1.53 bits per heavy atom. The fourth-order valence-corrected chi connectivity index (χ4v) is 2.27. The number of oxazole rings is 1. The second-order valence-electron chi connectivity index (χ2n) is 4.72. The smallest absolute Gasteiger partial charge is 0.360 e. The standard InChI is InChI=1S/C13H21N3O3/c1-4-10-8-16(7-6-15(10)3)13-14-11(9-19-13)12(17)18-5-2/h9-10H,4-8H2,1-3H3. The van der Waals surface area contributed by atoms with E-state index < -0.39 is 5.97 Å². The van der Waals surface area contributed by atoms with Crippen molar-refractivity contribution >= 4 is 12.0 Å². The molecule has 1 fully saturated rings. The van der Waals surface area contributed by atoms with E-state index in [0.29, 0.717) is 18.7 Å². The number of aromatic nitrogens is 1. The average molecular weight is 267 g/mol. The molecule has 0 aromatic carbocycles. The van der Waals surface area contributed by atoms with Crippen LogP contribution in [0, 0.1) is 0 Å². The molecule has 1 unspecified atom stereocenters. The van der Waals surface area contributed by atoms with Gasteiger partial charge in [-0.05, 0) is 20.4 Å². The number of hydrogen-bond donors (Lipinski definition) is 0. The Bertz CT molecular complexity index is 433.